The summed E-state index contributed by atoms with van der Waals surface area (Å²) in [5.41, 5.74) is 2.97. The van der Waals surface area contributed by atoms with Gasteiger partial charge in [-0.15, -0.1) is 0 Å². The summed E-state index contributed by atoms with van der Waals surface area (Å²) in [5, 5.41) is 6.67. The molecule has 0 radical (unpaired) electrons. The van der Waals surface area contributed by atoms with Crippen LogP contribution in [-0.2, 0) is 23.2 Å². The van der Waals surface area contributed by atoms with Crippen molar-refractivity contribution in [2.75, 3.05) is 22.1 Å². The van der Waals surface area contributed by atoms with E-state index in [-0.39, 0.29) is 4.90 Å². The second kappa shape index (κ2) is 11.0. The van der Waals surface area contributed by atoms with Crippen molar-refractivity contribution in [3.05, 3.63) is 102 Å². The molecule has 0 atom stereocenters. The zero-order valence-electron chi connectivity index (χ0n) is 19.3. The lowest BCUT2D eigenvalue weighted by Gasteiger charge is -2.23. The fourth-order valence-electron chi connectivity index (χ4n) is 3.58. The number of aromatic nitrogens is 2. The third-order valence-corrected chi connectivity index (χ3v) is 6.23. The maximum absolute atomic E-state index is 11.4. The average molecular weight is 490 g/mol. The van der Waals surface area contributed by atoms with Gasteiger partial charge in [0.2, 0.25) is 5.95 Å². The molecule has 0 aliphatic rings. The zero-order chi connectivity index (χ0) is 24.7. The van der Waals surface area contributed by atoms with Gasteiger partial charge in [-0.2, -0.15) is 18.4 Å². The van der Waals surface area contributed by atoms with E-state index in [0.29, 0.717) is 37.2 Å². The Morgan fingerprint density at radius 1 is 0.800 bits per heavy atom. The fourth-order valence-corrected chi connectivity index (χ4v) is 4.06. The molecule has 3 aromatic carbocycles. The highest BCUT2D eigenvalue weighted by atomic mass is 32.2. The van der Waals surface area contributed by atoms with Gasteiger partial charge in [0.25, 0.3) is 10.1 Å². The molecule has 0 unspecified atom stereocenters. The molecule has 1 aromatic heterocycles. The zero-order valence-corrected chi connectivity index (χ0v) is 20.1. The SMILES string of the molecule is CCN(c1ccc(S(=O)(=O)O)cc1)c1cc(NCc2ccccc2)nc(NCc2ccccc2)n1. The molecule has 35 heavy (non-hydrogen) atoms. The van der Waals surface area contributed by atoms with Crippen LogP contribution in [0.25, 0.3) is 0 Å². The molecule has 180 valence electrons. The van der Waals surface area contributed by atoms with Gasteiger partial charge in [0, 0.05) is 31.4 Å². The number of hydrogen-bond donors (Lipinski definition) is 3. The molecular weight excluding hydrogens is 462 g/mol. The van der Waals surface area contributed by atoms with Crippen molar-refractivity contribution in [2.24, 2.45) is 0 Å². The molecule has 8 nitrogen and oxygen atoms in total. The minimum Gasteiger partial charge on any atom is -0.366 e. The van der Waals surface area contributed by atoms with Crippen LogP contribution in [0.2, 0.25) is 0 Å². The van der Waals surface area contributed by atoms with E-state index in [2.05, 4.69) is 15.6 Å². The first-order valence-electron chi connectivity index (χ1n) is 11.2. The predicted octanol–water partition coefficient (Wildman–Crippen LogP) is 5.11. The fraction of sp³-hybridized carbons (Fsp3) is 0.154. The van der Waals surface area contributed by atoms with E-state index in [1.165, 1.54) is 12.1 Å². The van der Waals surface area contributed by atoms with Crippen LogP contribution in [0.15, 0.2) is 95.9 Å². The molecule has 0 aliphatic heterocycles. The molecule has 9 heteroatoms. The van der Waals surface area contributed by atoms with E-state index < -0.39 is 10.1 Å². The molecule has 0 aliphatic carbocycles. The van der Waals surface area contributed by atoms with Gasteiger partial charge in [-0.25, -0.2) is 0 Å². The highest BCUT2D eigenvalue weighted by Gasteiger charge is 2.15. The summed E-state index contributed by atoms with van der Waals surface area (Å²) < 4.78 is 32.1. The third-order valence-electron chi connectivity index (χ3n) is 5.36. The molecule has 0 fully saturated rings. The summed E-state index contributed by atoms with van der Waals surface area (Å²) in [4.78, 5) is 11.2. The minimum absolute atomic E-state index is 0.157. The van der Waals surface area contributed by atoms with Gasteiger partial charge in [0.05, 0.1) is 4.90 Å². The van der Waals surface area contributed by atoms with Crippen LogP contribution in [0.5, 0.6) is 0 Å². The lowest BCUT2D eigenvalue weighted by atomic mass is 10.2. The van der Waals surface area contributed by atoms with Crippen molar-refractivity contribution >= 4 is 33.4 Å². The largest absolute Gasteiger partial charge is 0.366 e. The minimum atomic E-state index is -4.26. The molecule has 0 saturated heterocycles. The van der Waals surface area contributed by atoms with Crippen LogP contribution in [-0.4, -0.2) is 29.5 Å². The van der Waals surface area contributed by atoms with Crippen LogP contribution in [0.1, 0.15) is 18.1 Å². The number of nitrogens with one attached hydrogen (secondary N) is 2. The highest BCUT2D eigenvalue weighted by molar-refractivity contribution is 7.85. The van der Waals surface area contributed by atoms with Crippen molar-refractivity contribution in [3.8, 4) is 0 Å². The summed E-state index contributed by atoms with van der Waals surface area (Å²) in [6.07, 6.45) is 0. The van der Waals surface area contributed by atoms with Gasteiger partial charge in [0.1, 0.15) is 11.6 Å². The Morgan fingerprint density at radius 2 is 1.37 bits per heavy atom. The molecule has 4 rings (SSSR count). The summed E-state index contributed by atoms with van der Waals surface area (Å²) >= 11 is 0. The standard InChI is InChI=1S/C26H27N5O3S/c1-2-31(22-13-15-23(16-14-22)35(32,33)34)25-17-24(27-18-20-9-5-3-6-10-20)29-26(30-25)28-19-21-11-7-4-8-12-21/h3-17H,2,18-19H2,1H3,(H,32,33,34)(H2,27,28,29,30). The Bertz CT molecular complexity index is 1290. The molecule has 0 amide bonds. The molecule has 3 N–H and O–H groups in total. The van der Waals surface area contributed by atoms with E-state index in [1.807, 2.05) is 78.6 Å². The van der Waals surface area contributed by atoms with Crippen molar-refractivity contribution in [2.45, 2.75) is 24.9 Å². The number of anilines is 4. The maximum atomic E-state index is 11.4. The number of hydrogen-bond acceptors (Lipinski definition) is 7. The normalized spacial score (nSPS) is 11.1. The van der Waals surface area contributed by atoms with Crippen LogP contribution in [0.4, 0.5) is 23.3 Å². The quantitative estimate of drug-likeness (QED) is 0.264. The van der Waals surface area contributed by atoms with Crippen LogP contribution in [0.3, 0.4) is 0 Å². The van der Waals surface area contributed by atoms with E-state index in [9.17, 15) is 13.0 Å². The molecule has 1 heterocycles. The smallest absolute Gasteiger partial charge is 0.294 e. The molecular formula is C26H27N5O3S. The summed E-state index contributed by atoms with van der Waals surface area (Å²) in [6, 6.07) is 27.9. The molecule has 4 aromatic rings. The Balaban J connectivity index is 1.63. The second-order valence-electron chi connectivity index (χ2n) is 7.83. The highest BCUT2D eigenvalue weighted by Crippen LogP contribution is 2.27. The first-order valence-corrected chi connectivity index (χ1v) is 12.7. The van der Waals surface area contributed by atoms with Crippen LogP contribution < -0.4 is 15.5 Å². The lowest BCUT2D eigenvalue weighted by Crippen LogP contribution is -2.19. The summed E-state index contributed by atoms with van der Waals surface area (Å²) in [5.74, 6) is 1.77. The third kappa shape index (κ3) is 6.56. The topological polar surface area (TPSA) is 107 Å². The summed E-state index contributed by atoms with van der Waals surface area (Å²) in [6.45, 7) is 3.73. The van der Waals surface area contributed by atoms with Gasteiger partial charge in [0.15, 0.2) is 0 Å². The van der Waals surface area contributed by atoms with E-state index in [1.54, 1.807) is 12.1 Å². The van der Waals surface area contributed by atoms with Crippen molar-refractivity contribution in [1.29, 1.82) is 0 Å². The number of nitrogens with zero attached hydrogens (tertiary/aromatic N) is 3. The first kappa shape index (κ1) is 24.2. The van der Waals surface area contributed by atoms with Crippen LogP contribution in [0, 0.1) is 0 Å². The monoisotopic (exact) mass is 489 g/mol. The van der Waals surface area contributed by atoms with E-state index >= 15 is 0 Å². The Kier molecular flexibility index (Phi) is 7.59. The predicted molar refractivity (Wildman–Crippen MR) is 139 cm³/mol. The average Bonchev–Trinajstić information content (AvgIpc) is 2.88. The lowest BCUT2D eigenvalue weighted by molar-refractivity contribution is 0.483. The molecule has 0 bridgehead atoms. The Hall–Kier alpha value is -3.95. The van der Waals surface area contributed by atoms with E-state index in [4.69, 9.17) is 4.98 Å². The first-order chi connectivity index (χ1) is 16.9. The van der Waals surface area contributed by atoms with Gasteiger partial charge in [-0.3, -0.25) is 4.55 Å². The Morgan fingerprint density at radius 3 is 1.91 bits per heavy atom. The second-order valence-corrected chi connectivity index (χ2v) is 9.25. The van der Waals surface area contributed by atoms with Gasteiger partial charge in [-0.05, 0) is 42.3 Å². The van der Waals surface area contributed by atoms with Crippen LogP contribution >= 0.6 is 0 Å². The van der Waals surface area contributed by atoms with Gasteiger partial charge in [-0.1, -0.05) is 60.7 Å². The number of benzene rings is 3. The summed E-state index contributed by atoms with van der Waals surface area (Å²) in [7, 11) is -4.26. The van der Waals surface area contributed by atoms with Gasteiger partial charge < -0.3 is 15.5 Å². The van der Waals surface area contributed by atoms with Crippen molar-refractivity contribution in [1.82, 2.24) is 9.97 Å². The number of rotatable bonds is 10. The Labute approximate surface area is 205 Å². The molecule has 0 spiro atoms. The van der Waals surface area contributed by atoms with Gasteiger partial charge >= 0.3 is 0 Å². The molecule has 0 saturated carbocycles. The van der Waals surface area contributed by atoms with Crippen molar-refractivity contribution < 1.29 is 13.0 Å². The maximum Gasteiger partial charge on any atom is 0.294 e. The van der Waals surface area contributed by atoms with Crippen molar-refractivity contribution in [3.63, 3.8) is 0 Å². The van der Waals surface area contributed by atoms with E-state index in [0.717, 1.165) is 16.8 Å².